The van der Waals surface area contributed by atoms with Crippen LogP contribution in [0.25, 0.3) is 11.1 Å². The Morgan fingerprint density at radius 1 is 1.12 bits per heavy atom. The average molecular weight is 466 g/mol. The molecule has 1 aliphatic heterocycles. The predicted molar refractivity (Wildman–Crippen MR) is 123 cm³/mol. The Hall–Kier alpha value is -3.88. The number of benzene rings is 2. The molecule has 178 valence electrons. The number of nitrogens with one attached hydrogen (secondary N) is 2. The van der Waals surface area contributed by atoms with E-state index in [0.29, 0.717) is 0 Å². The molecule has 1 saturated heterocycles. The number of fused-ring (bicyclic) bond motifs is 3. The third-order valence-electron chi connectivity index (χ3n) is 6.28. The first-order chi connectivity index (χ1) is 16.3. The number of carbonyl (C=O) groups is 4. The number of amides is 3. The Kier molecular flexibility index (Phi) is 6.81. The molecule has 9 nitrogen and oxygen atoms in total. The number of nitrogens with zero attached hydrogens (tertiary/aromatic N) is 1. The van der Waals surface area contributed by atoms with Gasteiger partial charge in [-0.05, 0) is 29.2 Å². The molecule has 1 heterocycles. The van der Waals surface area contributed by atoms with Crippen LogP contribution in [-0.4, -0.2) is 65.7 Å². The molecule has 34 heavy (non-hydrogen) atoms. The molecule has 3 amide bonds. The van der Waals surface area contributed by atoms with Crippen LogP contribution in [0, 0.1) is 0 Å². The van der Waals surface area contributed by atoms with Gasteiger partial charge in [0, 0.05) is 31.5 Å². The van der Waals surface area contributed by atoms with Crippen molar-refractivity contribution in [1.29, 1.82) is 0 Å². The second-order valence-electron chi connectivity index (χ2n) is 8.56. The number of rotatable bonds is 6. The van der Waals surface area contributed by atoms with Crippen LogP contribution in [0.4, 0.5) is 4.79 Å². The molecule has 9 heteroatoms. The lowest BCUT2D eigenvalue weighted by Gasteiger charge is -2.30. The summed E-state index contributed by atoms with van der Waals surface area (Å²) >= 11 is 0. The van der Waals surface area contributed by atoms with Crippen molar-refractivity contribution in [2.45, 2.75) is 37.8 Å². The molecule has 1 aliphatic carbocycles. The summed E-state index contributed by atoms with van der Waals surface area (Å²) in [5, 5.41) is 14.4. The summed E-state index contributed by atoms with van der Waals surface area (Å²) in [6, 6.07) is 14.1. The zero-order valence-corrected chi connectivity index (χ0v) is 18.8. The SMILES string of the molecule is CC1CC(=O)NCCN1C(=O)C(CC(=O)O)NC(=O)OCC1c2ccccc2-c2ccccc21. The van der Waals surface area contributed by atoms with Crippen molar-refractivity contribution in [2.24, 2.45) is 0 Å². The molecular weight excluding hydrogens is 438 g/mol. The maximum Gasteiger partial charge on any atom is 0.407 e. The fraction of sp³-hybridized carbons (Fsp3) is 0.360. The first-order valence-corrected chi connectivity index (χ1v) is 11.3. The van der Waals surface area contributed by atoms with E-state index in [4.69, 9.17) is 4.74 Å². The minimum atomic E-state index is -1.30. The van der Waals surface area contributed by atoms with Crippen molar-refractivity contribution in [2.75, 3.05) is 19.7 Å². The zero-order chi connectivity index (χ0) is 24.2. The molecule has 0 bridgehead atoms. The zero-order valence-electron chi connectivity index (χ0n) is 18.8. The van der Waals surface area contributed by atoms with Crippen molar-refractivity contribution < 1.29 is 29.0 Å². The van der Waals surface area contributed by atoms with Gasteiger partial charge in [0.05, 0.1) is 6.42 Å². The largest absolute Gasteiger partial charge is 0.481 e. The van der Waals surface area contributed by atoms with Crippen LogP contribution < -0.4 is 10.6 Å². The van der Waals surface area contributed by atoms with Gasteiger partial charge in [-0.15, -0.1) is 0 Å². The number of ether oxygens (including phenoxy) is 1. The van der Waals surface area contributed by atoms with Crippen molar-refractivity contribution in [3.8, 4) is 11.1 Å². The number of carboxylic acid groups (broad SMARTS) is 1. The Labute approximate surface area is 197 Å². The Bertz CT molecular complexity index is 1070. The maximum atomic E-state index is 13.1. The van der Waals surface area contributed by atoms with Gasteiger partial charge in [0.1, 0.15) is 12.6 Å². The number of alkyl carbamates (subject to hydrolysis) is 1. The third kappa shape index (κ3) is 4.88. The standard InChI is InChI=1S/C25H27N3O6/c1-15-12-22(29)26-10-11-28(15)24(32)21(13-23(30)31)27-25(33)34-14-20-18-8-4-2-6-16(18)17-7-3-5-9-19(17)20/h2-9,15,20-21H,10-14H2,1H3,(H,26,29)(H,27,33)(H,30,31). The fourth-order valence-electron chi connectivity index (χ4n) is 4.67. The molecule has 0 radical (unpaired) electrons. The molecule has 3 N–H and O–H groups in total. The molecule has 1 fully saturated rings. The van der Waals surface area contributed by atoms with Crippen LogP contribution in [0.15, 0.2) is 48.5 Å². The van der Waals surface area contributed by atoms with E-state index in [0.717, 1.165) is 22.3 Å². The number of carboxylic acids is 1. The normalized spacial score (nSPS) is 18.2. The Balaban J connectivity index is 1.44. The summed E-state index contributed by atoms with van der Waals surface area (Å²) < 4.78 is 5.48. The molecule has 2 aromatic carbocycles. The second kappa shape index (κ2) is 9.94. The monoisotopic (exact) mass is 465 g/mol. The van der Waals surface area contributed by atoms with E-state index in [2.05, 4.69) is 10.6 Å². The topological polar surface area (TPSA) is 125 Å². The van der Waals surface area contributed by atoms with Gasteiger partial charge in [-0.3, -0.25) is 14.4 Å². The quantitative estimate of drug-likeness (QED) is 0.600. The highest BCUT2D eigenvalue weighted by molar-refractivity contribution is 5.90. The van der Waals surface area contributed by atoms with Crippen LogP contribution in [0.1, 0.15) is 36.8 Å². The lowest BCUT2D eigenvalue weighted by Crippen LogP contribution is -2.52. The van der Waals surface area contributed by atoms with E-state index >= 15 is 0 Å². The van der Waals surface area contributed by atoms with E-state index in [1.54, 1.807) is 6.92 Å². The minimum absolute atomic E-state index is 0.0480. The number of aliphatic carboxylic acids is 1. The van der Waals surface area contributed by atoms with Gasteiger partial charge in [-0.2, -0.15) is 0 Å². The highest BCUT2D eigenvalue weighted by atomic mass is 16.5. The summed E-state index contributed by atoms with van der Waals surface area (Å²) in [5.41, 5.74) is 4.27. The summed E-state index contributed by atoms with van der Waals surface area (Å²) in [4.78, 5) is 50.3. The summed E-state index contributed by atoms with van der Waals surface area (Å²) in [6.45, 7) is 2.26. The van der Waals surface area contributed by atoms with Gasteiger partial charge >= 0.3 is 12.1 Å². The van der Waals surface area contributed by atoms with E-state index in [-0.39, 0.29) is 37.9 Å². The van der Waals surface area contributed by atoms with Crippen LogP contribution in [0.2, 0.25) is 0 Å². The molecule has 2 aliphatic rings. The van der Waals surface area contributed by atoms with Crippen molar-refractivity contribution >= 4 is 23.9 Å². The van der Waals surface area contributed by atoms with E-state index in [9.17, 15) is 24.3 Å². The molecule has 0 saturated carbocycles. The van der Waals surface area contributed by atoms with Crippen LogP contribution in [0.3, 0.4) is 0 Å². The van der Waals surface area contributed by atoms with Gasteiger partial charge < -0.3 is 25.4 Å². The number of carbonyl (C=O) groups excluding carboxylic acids is 3. The first-order valence-electron chi connectivity index (χ1n) is 11.3. The summed E-state index contributed by atoms with van der Waals surface area (Å²) in [6.07, 6.45) is -1.34. The van der Waals surface area contributed by atoms with Gasteiger partial charge in [-0.25, -0.2) is 4.79 Å². The smallest absolute Gasteiger partial charge is 0.407 e. The van der Waals surface area contributed by atoms with Crippen molar-refractivity contribution in [1.82, 2.24) is 15.5 Å². The predicted octanol–water partition coefficient (Wildman–Crippen LogP) is 2.11. The number of hydrogen-bond donors (Lipinski definition) is 3. The van der Waals surface area contributed by atoms with E-state index in [1.807, 2.05) is 48.5 Å². The summed E-state index contributed by atoms with van der Waals surface area (Å²) in [5.74, 6) is -2.12. The minimum Gasteiger partial charge on any atom is -0.481 e. The number of hydrogen-bond acceptors (Lipinski definition) is 5. The van der Waals surface area contributed by atoms with Crippen LogP contribution in [0.5, 0.6) is 0 Å². The lowest BCUT2D eigenvalue weighted by molar-refractivity contribution is -0.143. The first kappa shape index (κ1) is 23.3. The lowest BCUT2D eigenvalue weighted by atomic mass is 9.98. The van der Waals surface area contributed by atoms with E-state index < -0.39 is 36.5 Å². The molecule has 2 aromatic rings. The van der Waals surface area contributed by atoms with Gasteiger partial charge in [-0.1, -0.05) is 48.5 Å². The molecule has 0 aromatic heterocycles. The van der Waals surface area contributed by atoms with Crippen LogP contribution in [-0.2, 0) is 19.1 Å². The van der Waals surface area contributed by atoms with Gasteiger partial charge in [0.25, 0.3) is 0 Å². The highest BCUT2D eigenvalue weighted by Crippen LogP contribution is 2.44. The maximum absolute atomic E-state index is 13.1. The average Bonchev–Trinajstić information content (AvgIpc) is 3.02. The second-order valence-corrected chi connectivity index (χ2v) is 8.56. The Morgan fingerprint density at radius 2 is 1.74 bits per heavy atom. The molecule has 2 unspecified atom stereocenters. The molecule has 2 atom stereocenters. The highest BCUT2D eigenvalue weighted by Gasteiger charge is 2.34. The Morgan fingerprint density at radius 3 is 2.35 bits per heavy atom. The van der Waals surface area contributed by atoms with Crippen molar-refractivity contribution in [3.63, 3.8) is 0 Å². The fourth-order valence-corrected chi connectivity index (χ4v) is 4.67. The molecule has 0 spiro atoms. The van der Waals surface area contributed by atoms with E-state index in [1.165, 1.54) is 4.90 Å². The van der Waals surface area contributed by atoms with Gasteiger partial charge in [0.2, 0.25) is 11.8 Å². The van der Waals surface area contributed by atoms with Gasteiger partial charge in [0.15, 0.2) is 0 Å². The third-order valence-corrected chi connectivity index (χ3v) is 6.28. The van der Waals surface area contributed by atoms with Crippen molar-refractivity contribution in [3.05, 3.63) is 59.7 Å². The summed E-state index contributed by atoms with van der Waals surface area (Å²) in [7, 11) is 0. The molecule has 4 rings (SSSR count). The van der Waals surface area contributed by atoms with Crippen LogP contribution >= 0.6 is 0 Å². The molecular formula is C25H27N3O6.